The molecule has 2 aliphatic heterocycles. The summed E-state index contributed by atoms with van der Waals surface area (Å²) in [5.41, 5.74) is -2.55. The molecule has 0 saturated carbocycles. The Morgan fingerprint density at radius 2 is 1.46 bits per heavy atom. The topological polar surface area (TPSA) is 85.9 Å². The smallest absolute Gasteiger partial charge is 0.367 e. The highest BCUT2D eigenvalue weighted by Gasteiger charge is 2.50. The van der Waals surface area contributed by atoms with Gasteiger partial charge in [-0.05, 0) is 106 Å². The van der Waals surface area contributed by atoms with E-state index in [2.05, 4.69) is 17.0 Å². The summed E-state index contributed by atoms with van der Waals surface area (Å²) in [7, 11) is 7.15. The van der Waals surface area contributed by atoms with Crippen LogP contribution < -0.4 is 0 Å². The summed E-state index contributed by atoms with van der Waals surface area (Å²) in [5.74, 6) is -1.14. The number of fused-ring (bicyclic) bond motifs is 2. The van der Waals surface area contributed by atoms with E-state index < -0.39 is 40.6 Å². The number of benzene rings is 3. The lowest BCUT2D eigenvalue weighted by Crippen LogP contribution is -2.54. The Morgan fingerprint density at radius 1 is 0.825 bits per heavy atom. The van der Waals surface area contributed by atoms with Crippen molar-refractivity contribution in [2.75, 3.05) is 93.8 Å². The van der Waals surface area contributed by atoms with Crippen molar-refractivity contribution >= 4 is 40.9 Å². The van der Waals surface area contributed by atoms with Crippen molar-refractivity contribution in [3.8, 4) is 0 Å². The van der Waals surface area contributed by atoms with Crippen LogP contribution in [0.25, 0.3) is 0 Å². The molecule has 0 unspecified atom stereocenters. The van der Waals surface area contributed by atoms with Gasteiger partial charge in [-0.1, -0.05) is 53.5 Å². The third kappa shape index (κ3) is 11.3. The van der Waals surface area contributed by atoms with Gasteiger partial charge in [0.15, 0.2) is 0 Å². The van der Waals surface area contributed by atoms with Gasteiger partial charge in [-0.2, -0.15) is 26.3 Å². The molecule has 3 aliphatic rings. The lowest BCUT2D eigenvalue weighted by atomic mass is 9.72. The molecule has 0 radical (unpaired) electrons. The molecule has 3 aromatic carbocycles. The maximum atomic E-state index is 13.9. The van der Waals surface area contributed by atoms with Crippen molar-refractivity contribution in [3.05, 3.63) is 104 Å². The minimum absolute atomic E-state index is 0.00253. The second kappa shape index (κ2) is 19.7. The summed E-state index contributed by atoms with van der Waals surface area (Å²) in [6.07, 6.45) is -7.48. The molecular formula is C45H53Cl2F6N5O5. The largest absolute Gasteiger partial charge is 0.416 e. The number of hydrogen-bond acceptors (Lipinski definition) is 7. The van der Waals surface area contributed by atoms with E-state index in [1.807, 2.05) is 31.1 Å². The number of morpholine rings is 1. The summed E-state index contributed by atoms with van der Waals surface area (Å²) in [4.78, 5) is 48.1. The second-order valence-electron chi connectivity index (χ2n) is 17.1. The van der Waals surface area contributed by atoms with Gasteiger partial charge in [0.25, 0.3) is 5.91 Å². The van der Waals surface area contributed by atoms with Gasteiger partial charge >= 0.3 is 12.4 Å². The van der Waals surface area contributed by atoms with E-state index in [0.717, 1.165) is 0 Å². The summed E-state index contributed by atoms with van der Waals surface area (Å²) in [6.45, 7) is 2.68. The van der Waals surface area contributed by atoms with Gasteiger partial charge in [-0.15, -0.1) is 0 Å². The Kier molecular flexibility index (Phi) is 15.1. The first-order valence-corrected chi connectivity index (χ1v) is 21.6. The standard InChI is InChI=1S/C45H53Cl2F6N5O5/c1-54(2)27-39(59)55(3)15-7-16-56(4)40(60)28-62-38-24-30-8-5-6-9-35(30)42(38)12-17-57(18-13-42)19-14-43(32-10-11-36(46)37(47)26-32)29-58(20-21-63-43)41(61)31-22-33(44(48,49)50)25-34(23-31)45(51,52)53/h5-6,8-11,22-23,25-26,38H,7,12-21,24,27-29H2,1-4H3/t38-,43-/m0/s1. The molecule has 2 fully saturated rings. The molecule has 2 atom stereocenters. The number of nitrogens with zero attached hydrogens (tertiary/aromatic N) is 5. The van der Waals surface area contributed by atoms with Crippen LogP contribution in [-0.4, -0.2) is 142 Å². The van der Waals surface area contributed by atoms with Gasteiger partial charge in [-0.3, -0.25) is 14.4 Å². The quantitative estimate of drug-likeness (QED) is 0.154. The Morgan fingerprint density at radius 3 is 2.08 bits per heavy atom. The van der Waals surface area contributed by atoms with Crippen LogP contribution in [-0.2, 0) is 48.9 Å². The molecule has 0 aromatic heterocycles. The molecule has 0 bridgehead atoms. The Labute approximate surface area is 373 Å². The zero-order valence-electron chi connectivity index (χ0n) is 35.8. The third-order valence-electron chi connectivity index (χ3n) is 12.6. The van der Waals surface area contributed by atoms with Gasteiger partial charge < -0.3 is 34.0 Å². The van der Waals surface area contributed by atoms with Gasteiger partial charge in [-0.25, -0.2) is 0 Å². The molecule has 10 nitrogen and oxygen atoms in total. The number of carbonyl (C=O) groups is 3. The van der Waals surface area contributed by atoms with Crippen molar-refractivity contribution in [2.45, 2.75) is 61.6 Å². The maximum Gasteiger partial charge on any atom is 0.416 e. The van der Waals surface area contributed by atoms with Crippen molar-refractivity contribution < 1.29 is 50.2 Å². The minimum atomic E-state index is -5.12. The van der Waals surface area contributed by atoms with Gasteiger partial charge in [0.1, 0.15) is 12.2 Å². The van der Waals surface area contributed by atoms with Crippen LogP contribution in [0.3, 0.4) is 0 Å². The van der Waals surface area contributed by atoms with Crippen LogP contribution in [0.2, 0.25) is 10.0 Å². The van der Waals surface area contributed by atoms with Crippen LogP contribution in [0.5, 0.6) is 0 Å². The van der Waals surface area contributed by atoms with Crippen LogP contribution in [0.1, 0.15) is 63.9 Å². The van der Waals surface area contributed by atoms with E-state index in [4.69, 9.17) is 32.7 Å². The van der Waals surface area contributed by atoms with Crippen molar-refractivity contribution in [1.82, 2.24) is 24.5 Å². The third-order valence-corrected chi connectivity index (χ3v) is 13.3. The number of hydrogen-bond donors (Lipinski definition) is 0. The first-order chi connectivity index (χ1) is 29.6. The van der Waals surface area contributed by atoms with Gasteiger partial charge in [0.05, 0.1) is 47.0 Å². The Bertz CT molecular complexity index is 2100. The van der Waals surface area contributed by atoms with Crippen molar-refractivity contribution in [1.29, 1.82) is 0 Å². The molecule has 2 heterocycles. The maximum absolute atomic E-state index is 13.9. The fourth-order valence-corrected chi connectivity index (χ4v) is 9.31. The molecule has 3 amide bonds. The van der Waals surface area contributed by atoms with Crippen LogP contribution in [0.4, 0.5) is 26.3 Å². The monoisotopic (exact) mass is 927 g/mol. The molecule has 18 heteroatoms. The highest BCUT2D eigenvalue weighted by molar-refractivity contribution is 6.42. The van der Waals surface area contributed by atoms with E-state index in [9.17, 15) is 40.7 Å². The molecule has 1 spiro atoms. The van der Waals surface area contributed by atoms with Crippen molar-refractivity contribution in [3.63, 3.8) is 0 Å². The molecule has 344 valence electrons. The van der Waals surface area contributed by atoms with Crippen LogP contribution in [0.15, 0.2) is 60.7 Å². The molecule has 3 aromatic rings. The summed E-state index contributed by atoms with van der Waals surface area (Å²) < 4.78 is 95.5. The zero-order chi connectivity index (χ0) is 45.9. The second-order valence-corrected chi connectivity index (χ2v) is 17.9. The normalized spacial score (nSPS) is 20.3. The number of likely N-dealkylation sites (tertiary alicyclic amines) is 1. The van der Waals surface area contributed by atoms with E-state index >= 15 is 0 Å². The van der Waals surface area contributed by atoms with E-state index in [-0.39, 0.29) is 65.7 Å². The Balaban J connectivity index is 1.14. The number of likely N-dealkylation sites (N-methyl/N-ethyl adjacent to an activating group) is 3. The summed E-state index contributed by atoms with van der Waals surface area (Å²) in [5, 5.41) is 0.478. The van der Waals surface area contributed by atoms with Crippen molar-refractivity contribution in [2.24, 2.45) is 0 Å². The molecular weight excluding hydrogens is 875 g/mol. The minimum Gasteiger partial charge on any atom is -0.367 e. The number of amides is 3. The number of ether oxygens (including phenoxy) is 2. The van der Waals surface area contributed by atoms with E-state index in [1.165, 1.54) is 16.0 Å². The van der Waals surface area contributed by atoms with E-state index in [0.29, 0.717) is 89.1 Å². The first-order valence-electron chi connectivity index (χ1n) is 20.9. The fourth-order valence-electron chi connectivity index (χ4n) is 9.01. The number of halogens is 8. The average Bonchev–Trinajstić information content (AvgIpc) is 3.54. The van der Waals surface area contributed by atoms with Crippen LogP contribution >= 0.6 is 23.2 Å². The van der Waals surface area contributed by atoms with Gasteiger partial charge in [0, 0.05) is 51.3 Å². The highest BCUT2D eigenvalue weighted by atomic mass is 35.5. The number of carbonyl (C=O) groups excluding carboxylic acids is 3. The molecule has 6 rings (SSSR count). The number of alkyl halides is 6. The summed E-state index contributed by atoms with van der Waals surface area (Å²) >= 11 is 12.7. The number of rotatable bonds is 14. The lowest BCUT2D eigenvalue weighted by Gasteiger charge is -2.46. The predicted molar refractivity (Wildman–Crippen MR) is 227 cm³/mol. The molecule has 1 aliphatic carbocycles. The molecule has 0 N–H and O–H groups in total. The Hall–Kier alpha value is -3.93. The predicted octanol–water partition coefficient (Wildman–Crippen LogP) is 7.63. The SMILES string of the molecule is CN(C)CC(=O)N(C)CCCN(C)C(=O)CO[C@H]1Cc2ccccc2C12CCN(CC[C@@]1(c3ccc(Cl)c(Cl)c3)CN(C(=O)c3cc(C(F)(F)F)cc(C(F)(F)F)c3)CCO1)CC2. The van der Waals surface area contributed by atoms with E-state index in [1.54, 1.807) is 42.1 Å². The molecule has 2 saturated heterocycles. The average molecular weight is 929 g/mol. The molecule has 63 heavy (non-hydrogen) atoms. The van der Waals surface area contributed by atoms with Gasteiger partial charge in [0.2, 0.25) is 11.8 Å². The fraction of sp³-hybridized carbons (Fsp3) is 0.533. The first kappa shape index (κ1) is 48.5. The number of piperidine rings is 1. The summed E-state index contributed by atoms with van der Waals surface area (Å²) in [6, 6.07) is 14.0. The van der Waals surface area contributed by atoms with Crippen LogP contribution in [0, 0.1) is 0 Å². The zero-order valence-corrected chi connectivity index (χ0v) is 37.3. The highest BCUT2D eigenvalue weighted by Crippen LogP contribution is 2.48. The lowest BCUT2D eigenvalue weighted by molar-refractivity contribution is -0.143.